The van der Waals surface area contributed by atoms with Crippen LogP contribution in [0.2, 0.25) is 5.02 Å². The predicted octanol–water partition coefficient (Wildman–Crippen LogP) is 3.39. The fraction of sp³-hybridized carbons (Fsp3) is 0.0556. The third-order valence-electron chi connectivity index (χ3n) is 3.55. The highest BCUT2D eigenvalue weighted by Gasteiger charge is 2.13. The van der Waals surface area contributed by atoms with Gasteiger partial charge in [-0.3, -0.25) is 14.4 Å². The number of nitrogens with one attached hydrogen (secondary N) is 3. The number of rotatable bonds is 3. The summed E-state index contributed by atoms with van der Waals surface area (Å²) in [5.41, 5.74) is 1.31. The summed E-state index contributed by atoms with van der Waals surface area (Å²) in [7, 11) is 0. The van der Waals surface area contributed by atoms with Gasteiger partial charge in [-0.1, -0.05) is 11.6 Å². The van der Waals surface area contributed by atoms with E-state index in [4.69, 9.17) is 11.6 Å². The molecule has 3 N–H and O–H groups in total. The number of amides is 2. The molecule has 0 radical (unpaired) electrons. The number of anilines is 2. The van der Waals surface area contributed by atoms with Gasteiger partial charge in [-0.25, -0.2) is 0 Å². The Hall–Kier alpha value is -3.12. The van der Waals surface area contributed by atoms with E-state index in [1.807, 2.05) is 0 Å². The molecule has 0 bridgehead atoms. The number of aromatic nitrogens is 1. The smallest absolute Gasteiger partial charge is 0.261 e. The van der Waals surface area contributed by atoms with Gasteiger partial charge in [-0.2, -0.15) is 0 Å². The molecular formula is C18H14ClN3O3. The second-order valence-corrected chi connectivity index (χ2v) is 5.87. The van der Waals surface area contributed by atoms with E-state index < -0.39 is 5.91 Å². The number of H-pyrrole nitrogens is 1. The van der Waals surface area contributed by atoms with Gasteiger partial charge in [0.1, 0.15) is 5.56 Å². The molecule has 25 heavy (non-hydrogen) atoms. The third-order valence-corrected chi connectivity index (χ3v) is 3.79. The number of hydrogen-bond acceptors (Lipinski definition) is 3. The molecule has 0 unspecified atom stereocenters. The van der Waals surface area contributed by atoms with Gasteiger partial charge >= 0.3 is 0 Å². The molecule has 126 valence electrons. The summed E-state index contributed by atoms with van der Waals surface area (Å²) >= 11 is 5.90. The number of benzene rings is 2. The molecule has 0 aliphatic heterocycles. The molecule has 0 saturated carbocycles. The van der Waals surface area contributed by atoms with Gasteiger partial charge < -0.3 is 15.6 Å². The molecule has 0 saturated heterocycles. The molecule has 0 fully saturated rings. The first-order valence-corrected chi connectivity index (χ1v) is 7.82. The standard InChI is InChI=1S/C18H14ClN3O3/c1-10(23)21-12-3-5-13(6-4-12)22-18(25)15-9-20-16-8-11(19)2-7-14(16)17(15)24/h2-9H,1H3,(H,20,24)(H,21,23)(H,22,25). The molecule has 1 aromatic heterocycles. The number of aromatic amines is 1. The summed E-state index contributed by atoms with van der Waals surface area (Å²) in [5.74, 6) is -0.704. The van der Waals surface area contributed by atoms with Crippen LogP contribution in [-0.4, -0.2) is 16.8 Å². The first kappa shape index (κ1) is 16.7. The van der Waals surface area contributed by atoms with Gasteiger partial charge in [-0.05, 0) is 42.5 Å². The maximum atomic E-state index is 12.5. The monoisotopic (exact) mass is 355 g/mol. The molecule has 6 nitrogen and oxygen atoms in total. The van der Waals surface area contributed by atoms with Crippen molar-refractivity contribution in [2.75, 3.05) is 10.6 Å². The lowest BCUT2D eigenvalue weighted by Gasteiger charge is -2.07. The summed E-state index contributed by atoms with van der Waals surface area (Å²) in [6, 6.07) is 11.4. The Balaban J connectivity index is 1.85. The van der Waals surface area contributed by atoms with E-state index in [-0.39, 0.29) is 16.9 Å². The first-order valence-electron chi connectivity index (χ1n) is 7.44. The molecule has 2 amide bonds. The SMILES string of the molecule is CC(=O)Nc1ccc(NC(=O)c2c[nH]c3cc(Cl)ccc3c2=O)cc1. The van der Waals surface area contributed by atoms with E-state index >= 15 is 0 Å². The lowest BCUT2D eigenvalue weighted by atomic mass is 10.1. The van der Waals surface area contributed by atoms with Crippen LogP contribution in [-0.2, 0) is 4.79 Å². The summed E-state index contributed by atoms with van der Waals surface area (Å²) in [5, 5.41) is 6.18. The highest BCUT2D eigenvalue weighted by atomic mass is 35.5. The van der Waals surface area contributed by atoms with Crippen LogP contribution in [0, 0.1) is 0 Å². The number of carbonyl (C=O) groups is 2. The van der Waals surface area contributed by atoms with E-state index in [1.165, 1.54) is 13.1 Å². The van der Waals surface area contributed by atoms with Crippen molar-refractivity contribution in [1.82, 2.24) is 4.98 Å². The van der Waals surface area contributed by atoms with Crippen LogP contribution in [0.25, 0.3) is 10.9 Å². The highest BCUT2D eigenvalue weighted by molar-refractivity contribution is 6.31. The fourth-order valence-electron chi connectivity index (χ4n) is 2.40. The molecule has 2 aromatic carbocycles. The number of fused-ring (bicyclic) bond motifs is 1. The Kier molecular flexibility index (Phi) is 4.54. The van der Waals surface area contributed by atoms with Crippen LogP contribution >= 0.6 is 11.6 Å². The molecule has 0 aliphatic rings. The maximum Gasteiger partial charge on any atom is 0.261 e. The summed E-state index contributed by atoms with van der Waals surface area (Å²) in [6.45, 7) is 1.41. The zero-order valence-corrected chi connectivity index (χ0v) is 14.0. The third kappa shape index (κ3) is 3.70. The minimum Gasteiger partial charge on any atom is -0.360 e. The van der Waals surface area contributed by atoms with Crippen LogP contribution in [0.5, 0.6) is 0 Å². The molecule has 7 heteroatoms. The van der Waals surface area contributed by atoms with Gasteiger partial charge in [0.2, 0.25) is 11.3 Å². The van der Waals surface area contributed by atoms with Crippen LogP contribution in [0.3, 0.4) is 0 Å². The normalized spacial score (nSPS) is 10.5. The molecule has 0 spiro atoms. The van der Waals surface area contributed by atoms with E-state index in [0.29, 0.717) is 27.3 Å². The average molecular weight is 356 g/mol. The van der Waals surface area contributed by atoms with E-state index in [0.717, 1.165) is 0 Å². The van der Waals surface area contributed by atoms with Gasteiger partial charge in [0.25, 0.3) is 5.91 Å². The van der Waals surface area contributed by atoms with Gasteiger partial charge in [0, 0.05) is 34.9 Å². The second-order valence-electron chi connectivity index (χ2n) is 5.43. The van der Waals surface area contributed by atoms with Gasteiger partial charge in [0.05, 0.1) is 5.52 Å². The van der Waals surface area contributed by atoms with Gasteiger partial charge in [-0.15, -0.1) is 0 Å². The van der Waals surface area contributed by atoms with Crippen molar-refractivity contribution in [3.05, 3.63) is 69.5 Å². The largest absolute Gasteiger partial charge is 0.360 e. The quantitative estimate of drug-likeness (QED) is 0.672. The first-order chi connectivity index (χ1) is 11.9. The zero-order valence-electron chi connectivity index (χ0n) is 13.2. The number of hydrogen-bond donors (Lipinski definition) is 3. The van der Waals surface area contributed by atoms with Gasteiger partial charge in [0.15, 0.2) is 0 Å². The summed E-state index contributed by atoms with van der Waals surface area (Å²) in [6.07, 6.45) is 1.36. The highest BCUT2D eigenvalue weighted by Crippen LogP contribution is 2.17. The van der Waals surface area contributed by atoms with Crippen molar-refractivity contribution in [3.63, 3.8) is 0 Å². The van der Waals surface area contributed by atoms with Crippen LogP contribution in [0.15, 0.2) is 53.5 Å². The van der Waals surface area contributed by atoms with Crippen molar-refractivity contribution < 1.29 is 9.59 Å². The summed E-state index contributed by atoms with van der Waals surface area (Å²) in [4.78, 5) is 38.8. The minimum absolute atomic E-state index is 0.000704. The van der Waals surface area contributed by atoms with E-state index in [1.54, 1.807) is 42.5 Å². The Morgan fingerprint density at radius 3 is 2.28 bits per heavy atom. The lowest BCUT2D eigenvalue weighted by Crippen LogP contribution is -2.21. The van der Waals surface area contributed by atoms with Crippen molar-refractivity contribution >= 4 is 45.7 Å². The van der Waals surface area contributed by atoms with E-state index in [2.05, 4.69) is 15.6 Å². The number of pyridine rings is 1. The van der Waals surface area contributed by atoms with Crippen molar-refractivity contribution in [1.29, 1.82) is 0 Å². The molecular weight excluding hydrogens is 342 g/mol. The molecule has 3 aromatic rings. The van der Waals surface area contributed by atoms with Crippen molar-refractivity contribution in [3.8, 4) is 0 Å². The maximum absolute atomic E-state index is 12.5. The zero-order chi connectivity index (χ0) is 18.0. The Morgan fingerprint density at radius 2 is 1.64 bits per heavy atom. The number of carbonyl (C=O) groups excluding carboxylic acids is 2. The van der Waals surface area contributed by atoms with Crippen molar-refractivity contribution in [2.24, 2.45) is 0 Å². The molecule has 0 atom stereocenters. The minimum atomic E-state index is -0.523. The molecule has 1 heterocycles. The topological polar surface area (TPSA) is 91.1 Å². The van der Waals surface area contributed by atoms with E-state index in [9.17, 15) is 14.4 Å². The summed E-state index contributed by atoms with van der Waals surface area (Å²) < 4.78 is 0. The van der Waals surface area contributed by atoms with Crippen LogP contribution in [0.4, 0.5) is 11.4 Å². The lowest BCUT2D eigenvalue weighted by molar-refractivity contribution is -0.114. The van der Waals surface area contributed by atoms with Crippen molar-refractivity contribution in [2.45, 2.75) is 6.92 Å². The van der Waals surface area contributed by atoms with Crippen LogP contribution < -0.4 is 16.1 Å². The number of halogens is 1. The fourth-order valence-corrected chi connectivity index (χ4v) is 2.57. The second kappa shape index (κ2) is 6.78. The average Bonchev–Trinajstić information content (AvgIpc) is 2.56. The van der Waals surface area contributed by atoms with Crippen LogP contribution in [0.1, 0.15) is 17.3 Å². The molecule has 3 rings (SSSR count). The Labute approximate surface area is 147 Å². The Morgan fingerprint density at radius 1 is 1.00 bits per heavy atom. The Bertz CT molecular complexity index is 1030. The molecule has 0 aliphatic carbocycles. The predicted molar refractivity (Wildman–Crippen MR) is 98.3 cm³/mol.